The molecule has 0 spiro atoms. The van der Waals surface area contributed by atoms with E-state index in [0.717, 1.165) is 22.6 Å². The first-order chi connectivity index (χ1) is 16.0. The Morgan fingerprint density at radius 3 is 2.58 bits per heavy atom. The van der Waals surface area contributed by atoms with E-state index in [0.29, 0.717) is 42.4 Å². The Balaban J connectivity index is 1.59. The van der Waals surface area contributed by atoms with Crippen LogP contribution in [0.2, 0.25) is 0 Å². The van der Waals surface area contributed by atoms with E-state index in [1.165, 1.54) is 0 Å². The van der Waals surface area contributed by atoms with Gasteiger partial charge in [-0.25, -0.2) is 14.6 Å². The quantitative estimate of drug-likeness (QED) is 0.219. The van der Waals surface area contributed by atoms with Gasteiger partial charge in [0.15, 0.2) is 17.4 Å². The molecule has 1 aromatic carbocycles. The van der Waals surface area contributed by atoms with Crippen molar-refractivity contribution in [3.63, 3.8) is 0 Å². The molecule has 11 heteroatoms. The highest BCUT2D eigenvalue weighted by Crippen LogP contribution is 2.26. The summed E-state index contributed by atoms with van der Waals surface area (Å²) in [5.41, 5.74) is 0.719. The number of hydrogen-bond donors (Lipinski definition) is 2. The highest BCUT2D eigenvalue weighted by molar-refractivity contribution is 7.99. The predicted octanol–water partition coefficient (Wildman–Crippen LogP) is 2.59. The van der Waals surface area contributed by atoms with Crippen LogP contribution in [-0.2, 0) is 16.1 Å². The fourth-order valence-corrected chi connectivity index (χ4v) is 3.65. The van der Waals surface area contributed by atoms with Crippen molar-refractivity contribution in [3.05, 3.63) is 30.5 Å². The molecular weight excluding hydrogens is 444 g/mol. The molecule has 2 heterocycles. The van der Waals surface area contributed by atoms with Crippen LogP contribution in [0.5, 0.6) is 11.5 Å². The maximum absolute atomic E-state index is 12.2. The largest absolute Gasteiger partial charge is 0.497 e. The van der Waals surface area contributed by atoms with Gasteiger partial charge in [0.25, 0.3) is 5.91 Å². The monoisotopic (exact) mass is 474 g/mol. The number of nitrogens with zero attached hydrogens (tertiary/aromatic N) is 4. The topological polar surface area (TPSA) is 112 Å². The van der Waals surface area contributed by atoms with Crippen molar-refractivity contribution < 1.29 is 19.0 Å². The Kier molecular flexibility index (Phi) is 9.14. The number of carbonyl (C=O) groups is 1. The molecule has 0 aliphatic carbocycles. The molecule has 178 valence electrons. The minimum atomic E-state index is -0.213. The lowest BCUT2D eigenvalue weighted by molar-refractivity contribution is -0.123. The summed E-state index contributed by atoms with van der Waals surface area (Å²) in [7, 11) is 3.26. The van der Waals surface area contributed by atoms with Crippen molar-refractivity contribution in [3.8, 4) is 11.5 Å². The zero-order valence-corrected chi connectivity index (χ0v) is 20.1. The molecule has 10 nitrogen and oxygen atoms in total. The van der Waals surface area contributed by atoms with E-state index in [1.54, 1.807) is 61.1 Å². The number of rotatable bonds is 13. The maximum atomic E-state index is 12.2. The molecular formula is C22H30N6O4S. The number of aromatic nitrogens is 4. The Labute approximate surface area is 197 Å². The summed E-state index contributed by atoms with van der Waals surface area (Å²) < 4.78 is 17.5. The Morgan fingerprint density at radius 2 is 1.88 bits per heavy atom. The van der Waals surface area contributed by atoms with Crippen molar-refractivity contribution in [2.45, 2.75) is 30.8 Å². The standard InChI is InChI=1S/C22H30N6O4S/c1-15(2)33-22-26-20(24-10-12-30-3)18-13-25-28(21(18)27-22)11-9-23-19(29)14-32-17-7-5-16(31-4)6-8-17/h5-8,13,15H,9-12,14H2,1-4H3,(H,23,29)(H,24,26,27). The number of benzene rings is 1. The first-order valence-electron chi connectivity index (χ1n) is 10.7. The van der Waals surface area contributed by atoms with E-state index in [2.05, 4.69) is 39.5 Å². The third-order valence-corrected chi connectivity index (χ3v) is 5.36. The molecule has 0 fully saturated rings. The second kappa shape index (κ2) is 12.3. The third kappa shape index (κ3) is 7.22. The molecule has 0 atom stereocenters. The Bertz CT molecular complexity index is 1040. The summed E-state index contributed by atoms with van der Waals surface area (Å²) in [6, 6.07) is 7.07. The molecule has 0 radical (unpaired) electrons. The van der Waals surface area contributed by atoms with Crippen molar-refractivity contribution in [2.75, 3.05) is 45.8 Å². The lowest BCUT2D eigenvalue weighted by atomic mass is 10.3. The van der Waals surface area contributed by atoms with E-state index in [1.807, 2.05) is 0 Å². The molecule has 3 rings (SSSR count). The molecule has 0 saturated heterocycles. The Hall–Kier alpha value is -3.05. The van der Waals surface area contributed by atoms with Crippen LogP contribution in [0.15, 0.2) is 35.6 Å². The van der Waals surface area contributed by atoms with Gasteiger partial charge in [-0.3, -0.25) is 4.79 Å². The zero-order valence-electron chi connectivity index (χ0n) is 19.3. The maximum Gasteiger partial charge on any atom is 0.258 e. The lowest BCUT2D eigenvalue weighted by Crippen LogP contribution is -2.31. The molecule has 0 unspecified atom stereocenters. The van der Waals surface area contributed by atoms with Gasteiger partial charge in [-0.15, -0.1) is 0 Å². The van der Waals surface area contributed by atoms with E-state index in [-0.39, 0.29) is 12.5 Å². The highest BCUT2D eigenvalue weighted by Gasteiger charge is 2.14. The minimum absolute atomic E-state index is 0.0723. The first kappa shape index (κ1) is 24.6. The summed E-state index contributed by atoms with van der Waals surface area (Å²) in [5, 5.41) is 12.4. The lowest BCUT2D eigenvalue weighted by Gasteiger charge is -2.11. The van der Waals surface area contributed by atoms with Gasteiger partial charge in [-0.05, 0) is 24.3 Å². The molecule has 0 bridgehead atoms. The van der Waals surface area contributed by atoms with Gasteiger partial charge in [-0.2, -0.15) is 5.10 Å². The number of amides is 1. The molecule has 0 aliphatic rings. The third-order valence-electron chi connectivity index (χ3n) is 4.49. The van der Waals surface area contributed by atoms with Gasteiger partial charge in [0, 0.05) is 25.4 Å². The predicted molar refractivity (Wildman–Crippen MR) is 128 cm³/mol. The summed E-state index contributed by atoms with van der Waals surface area (Å²) in [6.45, 7) is 6.18. The van der Waals surface area contributed by atoms with Crippen LogP contribution in [0.4, 0.5) is 5.82 Å². The summed E-state index contributed by atoms with van der Waals surface area (Å²) >= 11 is 1.59. The van der Waals surface area contributed by atoms with Crippen molar-refractivity contribution in [1.82, 2.24) is 25.1 Å². The van der Waals surface area contributed by atoms with Gasteiger partial charge in [0.1, 0.15) is 17.3 Å². The van der Waals surface area contributed by atoms with E-state index in [9.17, 15) is 4.79 Å². The zero-order chi connectivity index (χ0) is 23.6. The number of methoxy groups -OCH3 is 2. The number of hydrogen-bond acceptors (Lipinski definition) is 9. The van der Waals surface area contributed by atoms with Gasteiger partial charge in [-0.1, -0.05) is 25.6 Å². The number of anilines is 1. The van der Waals surface area contributed by atoms with Crippen molar-refractivity contribution in [1.29, 1.82) is 0 Å². The molecule has 0 saturated carbocycles. The van der Waals surface area contributed by atoms with Crippen molar-refractivity contribution in [2.24, 2.45) is 0 Å². The van der Waals surface area contributed by atoms with Crippen LogP contribution in [-0.4, -0.2) is 71.4 Å². The van der Waals surface area contributed by atoms with Gasteiger partial charge in [0.05, 0.1) is 31.8 Å². The van der Waals surface area contributed by atoms with Crippen LogP contribution in [0.3, 0.4) is 0 Å². The van der Waals surface area contributed by atoms with Crippen LogP contribution in [0.1, 0.15) is 13.8 Å². The van der Waals surface area contributed by atoms with E-state index >= 15 is 0 Å². The fourth-order valence-electron chi connectivity index (χ4n) is 2.94. The van der Waals surface area contributed by atoms with Gasteiger partial charge < -0.3 is 24.8 Å². The molecule has 2 N–H and O–H groups in total. The molecule has 2 aromatic heterocycles. The number of nitrogens with one attached hydrogen (secondary N) is 2. The summed E-state index contributed by atoms with van der Waals surface area (Å²) in [5.74, 6) is 1.84. The molecule has 33 heavy (non-hydrogen) atoms. The fraction of sp³-hybridized carbons (Fsp3) is 0.455. The minimum Gasteiger partial charge on any atom is -0.497 e. The second-order valence-electron chi connectivity index (χ2n) is 7.36. The molecule has 3 aromatic rings. The average molecular weight is 475 g/mol. The number of ether oxygens (including phenoxy) is 3. The number of carbonyl (C=O) groups excluding carboxylic acids is 1. The van der Waals surface area contributed by atoms with Gasteiger partial charge >= 0.3 is 0 Å². The second-order valence-corrected chi connectivity index (χ2v) is 8.90. The smallest absolute Gasteiger partial charge is 0.258 e. The first-order valence-corrected chi connectivity index (χ1v) is 11.5. The summed E-state index contributed by atoms with van der Waals surface area (Å²) in [6.07, 6.45) is 1.74. The van der Waals surface area contributed by atoms with E-state index in [4.69, 9.17) is 14.2 Å². The SMILES string of the molecule is COCCNc1nc(SC(C)C)nc2c1cnn2CCNC(=O)COc1ccc(OC)cc1. The number of fused-ring (bicyclic) bond motifs is 1. The molecule has 1 amide bonds. The van der Waals surface area contributed by atoms with Crippen LogP contribution in [0.25, 0.3) is 11.0 Å². The van der Waals surface area contributed by atoms with Crippen molar-refractivity contribution >= 4 is 34.5 Å². The number of thioether (sulfide) groups is 1. The van der Waals surface area contributed by atoms with Crippen LogP contribution in [0, 0.1) is 0 Å². The van der Waals surface area contributed by atoms with Crippen LogP contribution < -0.4 is 20.1 Å². The highest BCUT2D eigenvalue weighted by atomic mass is 32.2. The average Bonchev–Trinajstić information content (AvgIpc) is 3.21. The molecule has 0 aliphatic heterocycles. The van der Waals surface area contributed by atoms with Crippen LogP contribution >= 0.6 is 11.8 Å². The van der Waals surface area contributed by atoms with E-state index < -0.39 is 0 Å². The van der Waals surface area contributed by atoms with Gasteiger partial charge in [0.2, 0.25) is 0 Å². The Morgan fingerprint density at radius 1 is 1.12 bits per heavy atom. The normalized spacial score (nSPS) is 11.1. The summed E-state index contributed by atoms with van der Waals surface area (Å²) in [4.78, 5) is 21.5.